The Balaban J connectivity index is 4.87. The third-order valence-corrected chi connectivity index (χ3v) is 3.21. The zero-order chi connectivity index (χ0) is 20.8. The number of aliphatic hydroxyl groups is 2. The number of carbonyl (C=O) groups excluding carboxylic acids is 2. The smallest absolute Gasteiger partial charge is 0.331 e. The Morgan fingerprint density at radius 1 is 0.926 bits per heavy atom. The molecule has 0 aliphatic heterocycles. The van der Waals surface area contributed by atoms with Gasteiger partial charge in [0.1, 0.15) is 18.8 Å². The summed E-state index contributed by atoms with van der Waals surface area (Å²) in [5.74, 6) is -4.81. The lowest BCUT2D eigenvalue weighted by Crippen LogP contribution is -2.37. The highest BCUT2D eigenvalue weighted by molar-refractivity contribution is 5.91. The van der Waals surface area contributed by atoms with E-state index in [1.807, 2.05) is 6.92 Å². The number of unbranched alkanes of at least 4 members (excludes halogenated alkanes) is 1. The molecule has 0 rings (SSSR count). The average Bonchev–Trinajstić information content (AvgIpc) is 2.60. The van der Waals surface area contributed by atoms with Crippen LogP contribution in [0.15, 0.2) is 24.3 Å². The predicted molar refractivity (Wildman–Crippen MR) is 90.5 cm³/mol. The number of hydrogen-bond donors (Lipinski definition) is 4. The van der Waals surface area contributed by atoms with Crippen molar-refractivity contribution in [3.8, 4) is 0 Å². The van der Waals surface area contributed by atoms with E-state index in [-0.39, 0.29) is 6.42 Å². The van der Waals surface area contributed by atoms with Gasteiger partial charge >= 0.3 is 23.9 Å². The normalized spacial score (nSPS) is 14.6. The van der Waals surface area contributed by atoms with Gasteiger partial charge in [0.05, 0.1) is 6.10 Å². The topological polar surface area (TPSA) is 168 Å². The second kappa shape index (κ2) is 13.5. The minimum Gasteiger partial charge on any atom is -0.478 e. The van der Waals surface area contributed by atoms with Crippen molar-refractivity contribution in [3.63, 3.8) is 0 Å². The van der Waals surface area contributed by atoms with Gasteiger partial charge in [-0.2, -0.15) is 0 Å². The van der Waals surface area contributed by atoms with Gasteiger partial charge in [-0.3, -0.25) is 0 Å². The summed E-state index contributed by atoms with van der Waals surface area (Å²) in [5.41, 5.74) is 0. The minimum absolute atomic E-state index is 0.156. The van der Waals surface area contributed by atoms with E-state index in [0.29, 0.717) is 37.1 Å². The largest absolute Gasteiger partial charge is 0.478 e. The minimum atomic E-state index is -1.51. The van der Waals surface area contributed by atoms with Crippen molar-refractivity contribution < 1.29 is 49.1 Å². The van der Waals surface area contributed by atoms with Gasteiger partial charge in [-0.15, -0.1) is 0 Å². The summed E-state index contributed by atoms with van der Waals surface area (Å²) in [4.78, 5) is 43.7. The summed E-state index contributed by atoms with van der Waals surface area (Å²) in [6, 6.07) is 0. The van der Waals surface area contributed by atoms with Gasteiger partial charge in [0.25, 0.3) is 0 Å². The Bertz CT molecular complexity index is 566. The fourth-order valence-corrected chi connectivity index (χ4v) is 1.90. The van der Waals surface area contributed by atoms with Crippen LogP contribution in [0.3, 0.4) is 0 Å². The maximum atomic E-state index is 11.6. The molecule has 4 N–H and O–H groups in total. The monoisotopic (exact) mass is 388 g/mol. The Morgan fingerprint density at radius 2 is 1.48 bits per heavy atom. The highest BCUT2D eigenvalue weighted by atomic mass is 16.6. The van der Waals surface area contributed by atoms with Crippen LogP contribution in [0.2, 0.25) is 0 Å². The van der Waals surface area contributed by atoms with E-state index in [9.17, 15) is 29.4 Å². The molecule has 0 aromatic carbocycles. The van der Waals surface area contributed by atoms with E-state index in [2.05, 4.69) is 4.74 Å². The van der Waals surface area contributed by atoms with Crippen molar-refractivity contribution in [2.75, 3.05) is 6.61 Å². The first-order valence-electron chi connectivity index (χ1n) is 8.21. The van der Waals surface area contributed by atoms with E-state index < -0.39 is 48.8 Å². The summed E-state index contributed by atoms with van der Waals surface area (Å²) in [7, 11) is 0. The first-order chi connectivity index (χ1) is 12.6. The maximum Gasteiger partial charge on any atom is 0.331 e. The summed E-state index contributed by atoms with van der Waals surface area (Å²) in [6.07, 6.45) is 0.468. The van der Waals surface area contributed by atoms with E-state index in [1.54, 1.807) is 0 Å². The molecule has 0 spiro atoms. The van der Waals surface area contributed by atoms with Crippen molar-refractivity contribution in [2.45, 2.75) is 50.9 Å². The van der Waals surface area contributed by atoms with Crippen LogP contribution in [0.4, 0.5) is 0 Å². The van der Waals surface area contributed by atoms with Gasteiger partial charge in [-0.1, -0.05) is 19.8 Å². The molecule has 10 heteroatoms. The zero-order valence-electron chi connectivity index (χ0n) is 14.8. The number of aliphatic carboxylic acids is 2. The molecule has 0 saturated carbocycles. The summed E-state index contributed by atoms with van der Waals surface area (Å²) in [5, 5.41) is 36.9. The fraction of sp³-hybridized carbons (Fsp3) is 0.529. The lowest BCUT2D eigenvalue weighted by molar-refractivity contribution is -0.157. The quantitative estimate of drug-likeness (QED) is 0.249. The van der Waals surface area contributed by atoms with E-state index >= 15 is 0 Å². The van der Waals surface area contributed by atoms with Gasteiger partial charge in [0.2, 0.25) is 0 Å². The van der Waals surface area contributed by atoms with Crippen LogP contribution < -0.4 is 0 Å². The zero-order valence-corrected chi connectivity index (χ0v) is 14.8. The number of hydrogen-bond acceptors (Lipinski definition) is 8. The van der Waals surface area contributed by atoms with Crippen LogP contribution >= 0.6 is 0 Å². The first kappa shape index (κ1) is 24.3. The molecular formula is C17H24O10. The molecule has 0 amide bonds. The standard InChI is InChI=1S/C17H24O10/c1-2-3-4-11(18)9-13(27-17(25)8-6-15(22)23)12(19)10-26-16(24)7-5-14(20)21/h5-8,11-13,18-19H,2-4,9-10H2,1H3,(H,20,21)(H,22,23). The third kappa shape index (κ3) is 13.2. The molecule has 0 saturated heterocycles. The number of carbonyl (C=O) groups is 4. The second-order valence-corrected chi connectivity index (χ2v) is 5.55. The van der Waals surface area contributed by atoms with Gasteiger partial charge in [-0.05, 0) is 6.42 Å². The van der Waals surface area contributed by atoms with Crippen LogP contribution in [-0.2, 0) is 28.7 Å². The molecule has 0 heterocycles. The Kier molecular flexibility index (Phi) is 12.1. The lowest BCUT2D eigenvalue weighted by atomic mass is 10.0. The molecular weight excluding hydrogens is 364 g/mol. The third-order valence-electron chi connectivity index (χ3n) is 3.21. The van der Waals surface area contributed by atoms with Crippen LogP contribution in [0.5, 0.6) is 0 Å². The van der Waals surface area contributed by atoms with Crippen LogP contribution in [-0.4, -0.2) is 69.2 Å². The molecule has 3 atom stereocenters. The van der Waals surface area contributed by atoms with Crippen LogP contribution in [0.1, 0.15) is 32.6 Å². The SMILES string of the molecule is CCCCC(O)CC(OC(=O)C=CC(=O)O)C(O)COC(=O)C=CC(=O)O. The average molecular weight is 388 g/mol. The van der Waals surface area contributed by atoms with Crippen molar-refractivity contribution in [1.29, 1.82) is 0 Å². The molecule has 0 radical (unpaired) electrons. The molecule has 0 aromatic rings. The molecule has 0 fully saturated rings. The molecule has 0 aliphatic rings. The lowest BCUT2D eigenvalue weighted by Gasteiger charge is -2.24. The van der Waals surface area contributed by atoms with E-state index in [4.69, 9.17) is 14.9 Å². The molecule has 152 valence electrons. The number of carboxylic acid groups (broad SMARTS) is 2. The highest BCUT2D eigenvalue weighted by Crippen LogP contribution is 2.14. The number of carboxylic acids is 2. The summed E-state index contributed by atoms with van der Waals surface area (Å²) in [6.45, 7) is 1.30. The van der Waals surface area contributed by atoms with E-state index in [1.165, 1.54) is 0 Å². The van der Waals surface area contributed by atoms with Crippen molar-refractivity contribution in [3.05, 3.63) is 24.3 Å². The van der Waals surface area contributed by atoms with Crippen molar-refractivity contribution >= 4 is 23.9 Å². The number of aliphatic hydroxyl groups excluding tert-OH is 2. The molecule has 27 heavy (non-hydrogen) atoms. The van der Waals surface area contributed by atoms with Gasteiger partial charge in [0.15, 0.2) is 0 Å². The van der Waals surface area contributed by atoms with Crippen LogP contribution in [0, 0.1) is 0 Å². The first-order valence-corrected chi connectivity index (χ1v) is 8.21. The number of rotatable bonds is 13. The number of ether oxygens (including phenoxy) is 2. The molecule has 0 aromatic heterocycles. The molecule has 3 unspecified atom stereocenters. The predicted octanol–water partition coefficient (Wildman–Crippen LogP) is 0.0251. The maximum absolute atomic E-state index is 11.6. The van der Waals surface area contributed by atoms with E-state index in [0.717, 1.165) is 6.42 Å². The fourth-order valence-electron chi connectivity index (χ4n) is 1.90. The summed E-state index contributed by atoms with van der Waals surface area (Å²) >= 11 is 0. The molecule has 0 bridgehead atoms. The Hall–Kier alpha value is -2.72. The summed E-state index contributed by atoms with van der Waals surface area (Å²) < 4.78 is 9.59. The van der Waals surface area contributed by atoms with Gasteiger partial charge in [0, 0.05) is 30.7 Å². The van der Waals surface area contributed by atoms with Gasteiger partial charge < -0.3 is 29.9 Å². The highest BCUT2D eigenvalue weighted by Gasteiger charge is 2.27. The van der Waals surface area contributed by atoms with Crippen LogP contribution in [0.25, 0.3) is 0 Å². The van der Waals surface area contributed by atoms with Crippen molar-refractivity contribution in [2.24, 2.45) is 0 Å². The Labute approximate surface area is 155 Å². The van der Waals surface area contributed by atoms with Crippen molar-refractivity contribution in [1.82, 2.24) is 0 Å². The van der Waals surface area contributed by atoms with Gasteiger partial charge in [-0.25, -0.2) is 19.2 Å². The molecule has 0 aliphatic carbocycles. The Morgan fingerprint density at radius 3 is 2.00 bits per heavy atom. The number of esters is 2. The molecule has 10 nitrogen and oxygen atoms in total. The second-order valence-electron chi connectivity index (χ2n) is 5.55.